The Balaban J connectivity index is 3.41. The Bertz CT molecular complexity index is 421. The molecule has 0 atom stereocenters. The van der Waals surface area contributed by atoms with E-state index in [-0.39, 0.29) is 5.78 Å². The summed E-state index contributed by atoms with van der Waals surface area (Å²) in [7, 11) is 1.69. The molecule has 1 aromatic carbocycles. The zero-order chi connectivity index (χ0) is 14.6. The second-order valence-electron chi connectivity index (χ2n) is 5.46. The van der Waals surface area contributed by atoms with Gasteiger partial charge in [-0.25, -0.2) is 0 Å². The van der Waals surface area contributed by atoms with Crippen LogP contribution < -0.4 is 10.5 Å². The fourth-order valence-corrected chi connectivity index (χ4v) is 2.20. The van der Waals surface area contributed by atoms with Gasteiger partial charge in [0.05, 0.1) is 7.11 Å². The van der Waals surface area contributed by atoms with Crippen LogP contribution in [0.4, 0.5) is 0 Å². The molecule has 0 unspecified atom stereocenters. The highest BCUT2D eigenvalue weighted by molar-refractivity contribution is 5.97. The van der Waals surface area contributed by atoms with Crippen molar-refractivity contribution in [3.05, 3.63) is 28.8 Å². The van der Waals surface area contributed by atoms with E-state index in [0.717, 1.165) is 22.4 Å². The van der Waals surface area contributed by atoms with E-state index in [2.05, 4.69) is 27.7 Å². The first-order valence-corrected chi connectivity index (χ1v) is 6.87. The largest absolute Gasteiger partial charge is 0.496 e. The van der Waals surface area contributed by atoms with Crippen LogP contribution in [-0.2, 0) is 0 Å². The Morgan fingerprint density at radius 1 is 1.16 bits per heavy atom. The molecular formula is C16H25NO2. The molecule has 106 valence electrons. The summed E-state index contributed by atoms with van der Waals surface area (Å²) in [5.41, 5.74) is 8.41. The normalized spacial score (nSPS) is 11.2. The van der Waals surface area contributed by atoms with Crippen molar-refractivity contribution in [1.82, 2.24) is 0 Å². The van der Waals surface area contributed by atoms with E-state index in [4.69, 9.17) is 10.5 Å². The molecule has 1 aromatic rings. The minimum absolute atomic E-state index is 0.106. The van der Waals surface area contributed by atoms with E-state index in [0.29, 0.717) is 24.8 Å². The topological polar surface area (TPSA) is 52.3 Å². The lowest BCUT2D eigenvalue weighted by atomic mass is 9.90. The number of hydrogen-bond donors (Lipinski definition) is 1. The second kappa shape index (κ2) is 6.71. The molecule has 0 amide bonds. The molecule has 0 saturated heterocycles. The number of nitrogens with two attached hydrogens (primary N) is 1. The van der Waals surface area contributed by atoms with Crippen LogP contribution in [0.3, 0.4) is 0 Å². The molecule has 2 N–H and O–H groups in total. The highest BCUT2D eigenvalue weighted by atomic mass is 16.5. The van der Waals surface area contributed by atoms with E-state index in [1.807, 2.05) is 12.1 Å². The van der Waals surface area contributed by atoms with Crippen LogP contribution in [0.2, 0.25) is 0 Å². The van der Waals surface area contributed by atoms with Gasteiger partial charge in [0.15, 0.2) is 5.78 Å². The quantitative estimate of drug-likeness (QED) is 0.799. The summed E-state index contributed by atoms with van der Waals surface area (Å²) in [6.45, 7) is 8.83. The summed E-state index contributed by atoms with van der Waals surface area (Å²) >= 11 is 0. The molecule has 0 bridgehead atoms. The number of carbonyl (C=O) groups excluding carboxylic acids is 1. The van der Waals surface area contributed by atoms with Gasteiger partial charge < -0.3 is 10.5 Å². The second-order valence-corrected chi connectivity index (χ2v) is 5.46. The van der Waals surface area contributed by atoms with Gasteiger partial charge in [-0.05, 0) is 41.6 Å². The summed E-state index contributed by atoms with van der Waals surface area (Å²) in [4.78, 5) is 12.1. The zero-order valence-corrected chi connectivity index (χ0v) is 12.6. The molecular weight excluding hydrogens is 238 g/mol. The predicted octanol–water partition coefficient (Wildman–Crippen LogP) is 3.47. The van der Waals surface area contributed by atoms with Crippen molar-refractivity contribution in [3.8, 4) is 5.75 Å². The molecule has 3 heteroatoms. The molecule has 0 radical (unpaired) electrons. The zero-order valence-electron chi connectivity index (χ0n) is 12.6. The number of rotatable bonds is 6. The third-order valence-corrected chi connectivity index (χ3v) is 3.29. The minimum atomic E-state index is 0.106. The van der Waals surface area contributed by atoms with Gasteiger partial charge in [0, 0.05) is 12.0 Å². The van der Waals surface area contributed by atoms with E-state index in [1.54, 1.807) is 7.11 Å². The third kappa shape index (κ3) is 3.57. The minimum Gasteiger partial charge on any atom is -0.496 e. The van der Waals surface area contributed by atoms with Crippen molar-refractivity contribution in [2.45, 2.75) is 46.0 Å². The van der Waals surface area contributed by atoms with Gasteiger partial charge in [-0.15, -0.1) is 0 Å². The Hall–Kier alpha value is -1.35. The van der Waals surface area contributed by atoms with E-state index in [9.17, 15) is 4.79 Å². The highest BCUT2D eigenvalue weighted by Crippen LogP contribution is 2.35. The van der Waals surface area contributed by atoms with E-state index in [1.165, 1.54) is 0 Å². The monoisotopic (exact) mass is 263 g/mol. The van der Waals surface area contributed by atoms with Gasteiger partial charge in [-0.2, -0.15) is 0 Å². The first-order valence-electron chi connectivity index (χ1n) is 6.87. The Labute approximate surface area is 116 Å². The molecule has 3 nitrogen and oxygen atoms in total. The molecule has 0 aliphatic carbocycles. The Morgan fingerprint density at radius 3 is 1.95 bits per heavy atom. The fraction of sp³-hybridized carbons (Fsp3) is 0.562. The van der Waals surface area contributed by atoms with Crippen LogP contribution in [0.15, 0.2) is 12.1 Å². The van der Waals surface area contributed by atoms with Crippen molar-refractivity contribution in [1.29, 1.82) is 0 Å². The van der Waals surface area contributed by atoms with E-state index < -0.39 is 0 Å². The van der Waals surface area contributed by atoms with Crippen LogP contribution in [0, 0.1) is 0 Å². The number of benzene rings is 1. The molecule has 0 spiro atoms. The highest BCUT2D eigenvalue weighted by Gasteiger charge is 2.18. The van der Waals surface area contributed by atoms with Crippen LogP contribution in [0.5, 0.6) is 5.75 Å². The summed E-state index contributed by atoms with van der Waals surface area (Å²) in [6.07, 6.45) is 0.390. The number of methoxy groups -OCH3 is 1. The number of hydrogen-bond acceptors (Lipinski definition) is 3. The van der Waals surface area contributed by atoms with Gasteiger partial charge in [0.1, 0.15) is 5.75 Å². The van der Waals surface area contributed by atoms with Gasteiger partial charge >= 0.3 is 0 Å². The third-order valence-electron chi connectivity index (χ3n) is 3.29. The molecule has 1 rings (SSSR count). The smallest absolute Gasteiger partial charge is 0.164 e. The lowest BCUT2D eigenvalue weighted by Crippen LogP contribution is -2.10. The van der Waals surface area contributed by atoms with Gasteiger partial charge in [0.25, 0.3) is 0 Å². The van der Waals surface area contributed by atoms with Crippen molar-refractivity contribution in [2.75, 3.05) is 13.7 Å². The van der Waals surface area contributed by atoms with E-state index >= 15 is 0 Å². The van der Waals surface area contributed by atoms with Crippen LogP contribution in [0.25, 0.3) is 0 Å². The first-order chi connectivity index (χ1) is 8.92. The first kappa shape index (κ1) is 15.7. The lowest BCUT2D eigenvalue weighted by molar-refractivity contribution is 0.0985. The van der Waals surface area contributed by atoms with Crippen molar-refractivity contribution in [2.24, 2.45) is 5.73 Å². The summed E-state index contributed by atoms with van der Waals surface area (Å²) < 4.78 is 5.56. The van der Waals surface area contributed by atoms with Gasteiger partial charge in [-0.1, -0.05) is 27.7 Å². The maximum atomic E-state index is 12.1. The molecule has 0 aliphatic rings. The summed E-state index contributed by atoms with van der Waals surface area (Å²) in [5.74, 6) is 1.65. The van der Waals surface area contributed by atoms with Gasteiger partial charge in [0.2, 0.25) is 0 Å². The van der Waals surface area contributed by atoms with Crippen LogP contribution in [0.1, 0.15) is 67.4 Å². The number of ketones is 1. The lowest BCUT2D eigenvalue weighted by Gasteiger charge is -2.20. The molecule has 19 heavy (non-hydrogen) atoms. The average molecular weight is 263 g/mol. The van der Waals surface area contributed by atoms with Gasteiger partial charge in [-0.3, -0.25) is 4.79 Å². The number of carbonyl (C=O) groups is 1. The van der Waals surface area contributed by atoms with Crippen molar-refractivity contribution < 1.29 is 9.53 Å². The molecule has 0 aliphatic heterocycles. The van der Waals surface area contributed by atoms with Crippen LogP contribution in [-0.4, -0.2) is 19.4 Å². The SMILES string of the molecule is COc1c(C(C)C)cc(C(=O)CCN)cc1C(C)C. The summed E-state index contributed by atoms with van der Waals surface area (Å²) in [5, 5.41) is 0. The summed E-state index contributed by atoms with van der Waals surface area (Å²) in [6, 6.07) is 3.90. The fourth-order valence-electron chi connectivity index (χ4n) is 2.20. The van der Waals surface area contributed by atoms with Crippen LogP contribution >= 0.6 is 0 Å². The molecule has 0 heterocycles. The molecule has 0 aromatic heterocycles. The standard InChI is InChI=1S/C16H25NO2/c1-10(2)13-8-12(15(18)6-7-17)9-14(11(3)4)16(13)19-5/h8-11H,6-7,17H2,1-5H3. The van der Waals surface area contributed by atoms with Crippen molar-refractivity contribution in [3.63, 3.8) is 0 Å². The molecule has 0 fully saturated rings. The molecule has 0 saturated carbocycles. The maximum absolute atomic E-state index is 12.1. The van der Waals surface area contributed by atoms with Crippen molar-refractivity contribution >= 4 is 5.78 Å². The Kier molecular flexibility index (Phi) is 5.55. The Morgan fingerprint density at radius 2 is 1.63 bits per heavy atom. The average Bonchev–Trinajstić information content (AvgIpc) is 2.36. The predicted molar refractivity (Wildman–Crippen MR) is 79.2 cm³/mol. The number of Topliss-reactive ketones (excluding diaryl/α,β-unsaturated/α-hetero) is 1. The maximum Gasteiger partial charge on any atom is 0.164 e. The number of ether oxygens (including phenoxy) is 1.